The molecule has 0 saturated heterocycles. The van der Waals surface area contributed by atoms with Crippen molar-refractivity contribution in [2.24, 2.45) is 11.3 Å². The molecule has 0 amide bonds. The summed E-state index contributed by atoms with van der Waals surface area (Å²) in [5.74, 6) is 1.01. The van der Waals surface area contributed by atoms with E-state index in [4.69, 9.17) is 0 Å². The monoisotopic (exact) mass is 226 g/mol. The summed E-state index contributed by atoms with van der Waals surface area (Å²) >= 11 is 0. The van der Waals surface area contributed by atoms with E-state index in [1.165, 1.54) is 11.1 Å². The largest absolute Gasteiger partial charge is 0.508 e. The fraction of sp³-hybridized carbons (Fsp3) is 0.400. The van der Waals surface area contributed by atoms with Crippen LogP contribution in [-0.4, -0.2) is 10.9 Å². The molecule has 4 aliphatic rings. The number of ketones is 1. The van der Waals surface area contributed by atoms with Gasteiger partial charge in [0.2, 0.25) is 0 Å². The first-order valence-electron chi connectivity index (χ1n) is 6.23. The van der Waals surface area contributed by atoms with Gasteiger partial charge in [-0.3, -0.25) is 4.79 Å². The van der Waals surface area contributed by atoms with Crippen molar-refractivity contribution in [2.45, 2.75) is 25.7 Å². The molecular formula is C15H14O2. The molecule has 0 radical (unpaired) electrons. The molecule has 1 saturated carbocycles. The number of Topliss-reactive ketones (excluding diaryl/α,β-unsaturated/α-hetero) is 1. The topological polar surface area (TPSA) is 37.3 Å². The molecular weight excluding hydrogens is 212 g/mol. The van der Waals surface area contributed by atoms with Crippen LogP contribution in [-0.2, 0) is 4.79 Å². The van der Waals surface area contributed by atoms with E-state index < -0.39 is 0 Å². The van der Waals surface area contributed by atoms with Crippen molar-refractivity contribution in [1.82, 2.24) is 0 Å². The first-order chi connectivity index (χ1) is 8.18. The Morgan fingerprint density at radius 3 is 3.12 bits per heavy atom. The third kappa shape index (κ3) is 1.08. The van der Waals surface area contributed by atoms with Gasteiger partial charge in [-0.1, -0.05) is 17.7 Å². The van der Waals surface area contributed by atoms with Crippen molar-refractivity contribution >= 4 is 5.78 Å². The molecule has 17 heavy (non-hydrogen) atoms. The van der Waals surface area contributed by atoms with Gasteiger partial charge in [0.25, 0.3) is 0 Å². The molecule has 2 nitrogen and oxygen atoms in total. The van der Waals surface area contributed by atoms with Crippen molar-refractivity contribution in [3.63, 3.8) is 0 Å². The van der Waals surface area contributed by atoms with E-state index in [2.05, 4.69) is 6.08 Å². The highest BCUT2D eigenvalue weighted by molar-refractivity contribution is 6.00. The summed E-state index contributed by atoms with van der Waals surface area (Å²) < 4.78 is 0. The molecule has 0 aromatic carbocycles. The van der Waals surface area contributed by atoms with E-state index in [-0.39, 0.29) is 5.41 Å². The molecule has 2 bridgehead atoms. The average molecular weight is 226 g/mol. The van der Waals surface area contributed by atoms with E-state index in [0.717, 1.165) is 24.8 Å². The lowest BCUT2D eigenvalue weighted by atomic mass is 9.71. The normalized spacial score (nSPS) is 37.9. The Morgan fingerprint density at radius 2 is 2.24 bits per heavy atom. The molecule has 86 valence electrons. The maximum Gasteiger partial charge on any atom is 0.162 e. The van der Waals surface area contributed by atoms with Gasteiger partial charge in [0.1, 0.15) is 5.76 Å². The van der Waals surface area contributed by atoms with Crippen molar-refractivity contribution < 1.29 is 9.90 Å². The number of allylic oxidation sites excluding steroid dienone is 7. The Morgan fingerprint density at radius 1 is 1.35 bits per heavy atom. The minimum Gasteiger partial charge on any atom is -0.508 e. The Bertz CT molecular complexity index is 559. The van der Waals surface area contributed by atoms with Crippen LogP contribution in [0.1, 0.15) is 25.7 Å². The summed E-state index contributed by atoms with van der Waals surface area (Å²) in [6, 6.07) is 0. The smallest absolute Gasteiger partial charge is 0.162 e. The predicted molar refractivity (Wildman–Crippen MR) is 64.4 cm³/mol. The van der Waals surface area contributed by atoms with Gasteiger partial charge in [0, 0.05) is 17.8 Å². The van der Waals surface area contributed by atoms with E-state index in [0.29, 0.717) is 23.9 Å². The van der Waals surface area contributed by atoms with Crippen LogP contribution in [0.15, 0.2) is 46.8 Å². The number of aliphatic hydroxyl groups is 1. The van der Waals surface area contributed by atoms with Crippen LogP contribution >= 0.6 is 0 Å². The molecule has 0 unspecified atom stereocenters. The summed E-state index contributed by atoms with van der Waals surface area (Å²) in [7, 11) is 0. The Kier molecular flexibility index (Phi) is 1.56. The standard InChI is InChI=1S/C15H14O2/c16-11-1-2-12-10(5-11)8-15-4-3-9(7-15)14(17)6-13(12)15/h1-3,5,10,16H,4,6-8H2/t10-,15+/m0/s1. The van der Waals surface area contributed by atoms with E-state index >= 15 is 0 Å². The zero-order valence-electron chi connectivity index (χ0n) is 9.57. The minimum atomic E-state index is 0.217. The Hall–Kier alpha value is -1.57. The zero-order chi connectivity index (χ0) is 11.6. The second-order valence-electron chi connectivity index (χ2n) is 5.66. The minimum absolute atomic E-state index is 0.217. The van der Waals surface area contributed by atoms with Crippen molar-refractivity contribution in [3.8, 4) is 0 Å². The van der Waals surface area contributed by atoms with Crippen LogP contribution < -0.4 is 0 Å². The fourth-order valence-corrected chi connectivity index (χ4v) is 3.98. The molecule has 0 aliphatic heterocycles. The highest BCUT2D eigenvalue weighted by atomic mass is 16.3. The Balaban J connectivity index is 1.87. The highest BCUT2D eigenvalue weighted by Gasteiger charge is 2.51. The number of hydrogen-bond acceptors (Lipinski definition) is 2. The van der Waals surface area contributed by atoms with Crippen LogP contribution in [0.4, 0.5) is 0 Å². The lowest BCUT2D eigenvalue weighted by Crippen LogP contribution is -2.24. The van der Waals surface area contributed by atoms with Crippen LogP contribution in [0.2, 0.25) is 0 Å². The summed E-state index contributed by atoms with van der Waals surface area (Å²) in [4.78, 5) is 11.9. The van der Waals surface area contributed by atoms with Gasteiger partial charge in [-0.15, -0.1) is 0 Å². The van der Waals surface area contributed by atoms with Gasteiger partial charge in [0.05, 0.1) is 0 Å². The van der Waals surface area contributed by atoms with E-state index in [1.54, 1.807) is 6.08 Å². The summed E-state index contributed by atoms with van der Waals surface area (Å²) in [6.45, 7) is 0. The highest BCUT2D eigenvalue weighted by Crippen LogP contribution is 2.60. The van der Waals surface area contributed by atoms with Crippen molar-refractivity contribution in [2.75, 3.05) is 0 Å². The zero-order valence-corrected chi connectivity index (χ0v) is 9.57. The first kappa shape index (κ1) is 9.46. The van der Waals surface area contributed by atoms with Crippen molar-refractivity contribution in [3.05, 3.63) is 46.8 Å². The van der Waals surface area contributed by atoms with E-state index in [1.807, 2.05) is 12.2 Å². The van der Waals surface area contributed by atoms with Crippen LogP contribution in [0.25, 0.3) is 0 Å². The maximum absolute atomic E-state index is 11.9. The van der Waals surface area contributed by atoms with Gasteiger partial charge in [-0.2, -0.15) is 0 Å². The van der Waals surface area contributed by atoms with E-state index in [9.17, 15) is 9.90 Å². The number of fused-ring (bicyclic) bond motifs is 2. The molecule has 4 rings (SSSR count). The predicted octanol–water partition coefficient (Wildman–Crippen LogP) is 2.99. The summed E-state index contributed by atoms with van der Waals surface area (Å²) in [5, 5.41) is 9.58. The molecule has 1 N–H and O–H groups in total. The van der Waals surface area contributed by atoms with Crippen LogP contribution in [0.3, 0.4) is 0 Å². The van der Waals surface area contributed by atoms with Gasteiger partial charge in [-0.05, 0) is 42.6 Å². The summed E-state index contributed by atoms with van der Waals surface area (Å²) in [6.07, 6.45) is 11.5. The second-order valence-corrected chi connectivity index (χ2v) is 5.66. The maximum atomic E-state index is 11.9. The van der Waals surface area contributed by atoms with Gasteiger partial charge in [0.15, 0.2) is 5.78 Å². The molecule has 2 heteroatoms. The lowest BCUT2D eigenvalue weighted by Gasteiger charge is -2.31. The van der Waals surface area contributed by atoms with Gasteiger partial charge >= 0.3 is 0 Å². The molecule has 2 atom stereocenters. The number of hydrogen-bond donors (Lipinski definition) is 1. The Labute approximate surface area is 100 Å². The molecule has 1 spiro atoms. The number of carbonyl (C=O) groups excluding carboxylic acids is 1. The van der Waals surface area contributed by atoms with Crippen LogP contribution in [0.5, 0.6) is 0 Å². The third-order valence-electron chi connectivity index (χ3n) is 4.77. The second kappa shape index (κ2) is 2.81. The summed E-state index contributed by atoms with van der Waals surface area (Å²) in [5.41, 5.74) is 3.91. The van der Waals surface area contributed by atoms with Crippen molar-refractivity contribution in [1.29, 1.82) is 0 Å². The fourth-order valence-electron chi connectivity index (χ4n) is 3.98. The molecule has 4 aliphatic carbocycles. The molecule has 1 fully saturated rings. The first-order valence-corrected chi connectivity index (χ1v) is 6.23. The number of rotatable bonds is 0. The average Bonchev–Trinajstić information content (AvgIpc) is 2.80. The SMILES string of the molecule is O=C1CC2=C3C=CC(O)=C[C@H]3C[C@]23CC=C1C3. The van der Waals surface area contributed by atoms with Gasteiger partial charge in [-0.25, -0.2) is 0 Å². The van der Waals surface area contributed by atoms with Gasteiger partial charge < -0.3 is 5.11 Å². The molecule has 0 aromatic rings. The number of aliphatic hydroxyl groups excluding tert-OH is 1. The third-order valence-corrected chi connectivity index (χ3v) is 4.77. The quantitative estimate of drug-likeness (QED) is 0.689. The van der Waals surface area contributed by atoms with Crippen LogP contribution in [0, 0.1) is 11.3 Å². The lowest BCUT2D eigenvalue weighted by molar-refractivity contribution is -0.116. The molecule has 0 aromatic heterocycles. The molecule has 0 heterocycles. The number of carbonyl (C=O) groups is 1.